The molecule has 3 N–H and O–H groups in total. The summed E-state index contributed by atoms with van der Waals surface area (Å²) in [6.45, 7) is -0.537. The molecule has 0 saturated heterocycles. The van der Waals surface area contributed by atoms with Crippen molar-refractivity contribution in [3.63, 3.8) is 0 Å². The molecular weight excluding hydrogens is 293 g/mol. The summed E-state index contributed by atoms with van der Waals surface area (Å²) in [5.41, 5.74) is 4.99. The molecule has 0 aliphatic heterocycles. The number of amidine groups is 1. The average molecular weight is 301 g/mol. The molecule has 0 aliphatic carbocycles. The Morgan fingerprint density at radius 3 is 2.69 bits per heavy atom. The average Bonchev–Trinajstić information content (AvgIpc) is 2.57. The summed E-state index contributed by atoms with van der Waals surface area (Å²) in [4.78, 5) is 0. The molecule has 0 bridgehead atoms. The molecule has 1 unspecified atom stereocenters. The summed E-state index contributed by atoms with van der Waals surface area (Å²) in [6, 6.07) is 0. The van der Waals surface area contributed by atoms with Crippen molar-refractivity contribution in [1.29, 1.82) is 0 Å². The zero-order valence-corrected chi connectivity index (χ0v) is 9.40. The van der Waals surface area contributed by atoms with Crippen molar-refractivity contribution in [1.82, 2.24) is 9.78 Å². The number of hydrogen-bond donors (Lipinski definition) is 2. The normalized spacial score (nSPS) is 15.1. The highest BCUT2D eigenvalue weighted by molar-refractivity contribution is 9.10. The summed E-state index contributed by atoms with van der Waals surface area (Å²) in [5, 5.41) is 14.3. The Kier molecular flexibility index (Phi) is 3.79. The van der Waals surface area contributed by atoms with Gasteiger partial charge in [-0.2, -0.15) is 18.3 Å². The molecule has 1 heterocycles. The van der Waals surface area contributed by atoms with Gasteiger partial charge in [-0.3, -0.25) is 4.68 Å². The first kappa shape index (κ1) is 12.8. The second-order valence-corrected chi connectivity index (χ2v) is 3.92. The minimum absolute atomic E-state index is 0.537. The summed E-state index contributed by atoms with van der Waals surface area (Å²) >= 11 is 3.05. The third-order valence-electron chi connectivity index (χ3n) is 1.84. The molecule has 0 aliphatic rings. The van der Waals surface area contributed by atoms with Crippen LogP contribution < -0.4 is 5.73 Å². The van der Waals surface area contributed by atoms with E-state index in [9.17, 15) is 13.2 Å². The van der Waals surface area contributed by atoms with Crippen molar-refractivity contribution in [3.05, 3.63) is 16.9 Å². The molecule has 0 spiro atoms. The maximum Gasteiger partial charge on any atom is 0.400 e. The maximum atomic E-state index is 12.5. The second-order valence-electron chi connectivity index (χ2n) is 3.00. The molecule has 0 saturated carbocycles. The van der Waals surface area contributed by atoms with Gasteiger partial charge in [-0.25, -0.2) is 0 Å². The van der Waals surface area contributed by atoms with Gasteiger partial charge in [-0.05, 0) is 15.9 Å². The lowest BCUT2D eigenvalue weighted by Gasteiger charge is -2.18. The SMILES string of the molecule is N/C(=N/O)C(Cn1cc(Br)cn1)C(F)(F)F. The zero-order chi connectivity index (χ0) is 12.3. The fourth-order valence-electron chi connectivity index (χ4n) is 1.06. The van der Waals surface area contributed by atoms with Crippen LogP contribution in [0, 0.1) is 5.92 Å². The van der Waals surface area contributed by atoms with Crippen molar-refractivity contribution < 1.29 is 18.4 Å². The van der Waals surface area contributed by atoms with Crippen LogP contribution in [0.2, 0.25) is 0 Å². The fourth-order valence-corrected chi connectivity index (χ4v) is 1.39. The topological polar surface area (TPSA) is 76.4 Å². The first-order valence-corrected chi connectivity index (χ1v) is 4.86. The number of hydrogen-bond acceptors (Lipinski definition) is 3. The second kappa shape index (κ2) is 4.73. The number of nitrogens with zero attached hydrogens (tertiary/aromatic N) is 3. The molecule has 1 atom stereocenters. The first-order chi connectivity index (χ1) is 7.34. The van der Waals surface area contributed by atoms with Gasteiger partial charge < -0.3 is 10.9 Å². The number of rotatable bonds is 3. The van der Waals surface area contributed by atoms with Gasteiger partial charge in [-0.1, -0.05) is 5.16 Å². The Morgan fingerprint density at radius 1 is 1.69 bits per heavy atom. The van der Waals surface area contributed by atoms with Gasteiger partial charge in [0.05, 0.1) is 17.2 Å². The van der Waals surface area contributed by atoms with Crippen LogP contribution in [0.15, 0.2) is 22.0 Å². The number of nitrogens with two attached hydrogens (primary N) is 1. The maximum absolute atomic E-state index is 12.5. The lowest BCUT2D eigenvalue weighted by Crippen LogP contribution is -2.39. The molecule has 90 valence electrons. The number of halogens is 4. The summed E-state index contributed by atoms with van der Waals surface area (Å²) in [6.07, 6.45) is -1.88. The van der Waals surface area contributed by atoms with E-state index in [0.717, 1.165) is 4.68 Å². The van der Waals surface area contributed by atoms with Gasteiger partial charge >= 0.3 is 6.18 Å². The van der Waals surface area contributed by atoms with Gasteiger partial charge in [0.2, 0.25) is 0 Å². The van der Waals surface area contributed by atoms with Crippen molar-refractivity contribution in [3.8, 4) is 0 Å². The van der Waals surface area contributed by atoms with E-state index in [2.05, 4.69) is 26.2 Å². The lowest BCUT2D eigenvalue weighted by atomic mass is 10.1. The molecule has 1 rings (SSSR count). The van der Waals surface area contributed by atoms with Crippen LogP contribution in [0.1, 0.15) is 0 Å². The minimum atomic E-state index is -4.59. The summed E-state index contributed by atoms with van der Waals surface area (Å²) in [5.74, 6) is -2.96. The van der Waals surface area contributed by atoms with E-state index in [1.54, 1.807) is 0 Å². The van der Waals surface area contributed by atoms with Crippen LogP contribution in [0.4, 0.5) is 13.2 Å². The Hall–Kier alpha value is -1.25. The molecule has 5 nitrogen and oxygen atoms in total. The van der Waals surface area contributed by atoms with Gasteiger partial charge in [0, 0.05) is 6.20 Å². The number of oxime groups is 1. The van der Waals surface area contributed by atoms with E-state index in [4.69, 9.17) is 10.9 Å². The van der Waals surface area contributed by atoms with Gasteiger partial charge in [-0.15, -0.1) is 0 Å². The Labute approximate surface area is 96.8 Å². The molecular formula is C7H8BrF3N4O. The van der Waals surface area contributed by atoms with Crippen molar-refractivity contribution >= 4 is 21.8 Å². The van der Waals surface area contributed by atoms with Crippen LogP contribution in [0.25, 0.3) is 0 Å². The Bertz CT molecular complexity index is 389. The smallest absolute Gasteiger partial charge is 0.400 e. The van der Waals surface area contributed by atoms with Gasteiger partial charge in [0.25, 0.3) is 0 Å². The van der Waals surface area contributed by atoms with E-state index in [1.807, 2.05) is 0 Å². The van der Waals surface area contributed by atoms with E-state index in [-0.39, 0.29) is 0 Å². The minimum Gasteiger partial charge on any atom is -0.409 e. The van der Waals surface area contributed by atoms with Crippen LogP contribution in [-0.4, -0.2) is 27.0 Å². The van der Waals surface area contributed by atoms with E-state index < -0.39 is 24.5 Å². The van der Waals surface area contributed by atoms with Crippen LogP contribution in [0.3, 0.4) is 0 Å². The Balaban J connectivity index is 2.88. The highest BCUT2D eigenvalue weighted by Crippen LogP contribution is 2.27. The molecule has 0 fully saturated rings. The number of aromatic nitrogens is 2. The van der Waals surface area contributed by atoms with E-state index in [0.29, 0.717) is 4.47 Å². The molecule has 0 amide bonds. The first-order valence-electron chi connectivity index (χ1n) is 4.06. The third-order valence-corrected chi connectivity index (χ3v) is 2.25. The van der Waals surface area contributed by atoms with Crippen molar-refractivity contribution in [2.24, 2.45) is 16.8 Å². The largest absolute Gasteiger partial charge is 0.409 e. The molecule has 16 heavy (non-hydrogen) atoms. The predicted molar refractivity (Wildman–Crippen MR) is 52.9 cm³/mol. The molecule has 0 aromatic carbocycles. The quantitative estimate of drug-likeness (QED) is 0.385. The van der Waals surface area contributed by atoms with Gasteiger partial charge in [0.15, 0.2) is 5.84 Å². The standard InChI is InChI=1S/C7H8BrF3N4O/c8-4-1-13-15(2-4)3-5(6(12)14-16)7(9,10)11/h1-2,5,16H,3H2,(H2,12,14). The highest BCUT2D eigenvalue weighted by Gasteiger charge is 2.43. The monoisotopic (exact) mass is 300 g/mol. The van der Waals surface area contributed by atoms with Crippen molar-refractivity contribution in [2.45, 2.75) is 12.7 Å². The molecule has 1 aromatic rings. The predicted octanol–water partition coefficient (Wildman–Crippen LogP) is 1.57. The van der Waals surface area contributed by atoms with E-state index in [1.165, 1.54) is 12.4 Å². The molecule has 1 aromatic heterocycles. The lowest BCUT2D eigenvalue weighted by molar-refractivity contribution is -0.159. The van der Waals surface area contributed by atoms with E-state index >= 15 is 0 Å². The Morgan fingerprint density at radius 2 is 2.31 bits per heavy atom. The highest BCUT2D eigenvalue weighted by atomic mass is 79.9. The molecule has 9 heteroatoms. The zero-order valence-electron chi connectivity index (χ0n) is 7.82. The van der Waals surface area contributed by atoms with Crippen LogP contribution in [-0.2, 0) is 6.54 Å². The van der Waals surface area contributed by atoms with Crippen LogP contribution >= 0.6 is 15.9 Å². The van der Waals surface area contributed by atoms with Crippen molar-refractivity contribution in [2.75, 3.05) is 0 Å². The number of alkyl halides is 3. The summed E-state index contributed by atoms with van der Waals surface area (Å²) < 4.78 is 39.2. The van der Waals surface area contributed by atoms with Crippen LogP contribution in [0.5, 0.6) is 0 Å². The fraction of sp³-hybridized carbons (Fsp3) is 0.429. The molecule has 0 radical (unpaired) electrons. The van der Waals surface area contributed by atoms with Gasteiger partial charge in [0.1, 0.15) is 5.92 Å². The summed E-state index contributed by atoms with van der Waals surface area (Å²) in [7, 11) is 0. The third kappa shape index (κ3) is 3.12.